The Hall–Kier alpha value is -2.04. The number of urea groups is 1. The van der Waals surface area contributed by atoms with E-state index in [0.29, 0.717) is 24.3 Å². The molecule has 1 aromatic carbocycles. The van der Waals surface area contributed by atoms with Crippen LogP contribution in [0.2, 0.25) is 0 Å². The van der Waals surface area contributed by atoms with Crippen LogP contribution in [-0.4, -0.2) is 36.0 Å². The van der Waals surface area contributed by atoms with Crippen molar-refractivity contribution < 1.29 is 9.59 Å². The van der Waals surface area contributed by atoms with E-state index in [1.54, 1.807) is 29.2 Å². The molecule has 5 nitrogen and oxygen atoms in total. The zero-order valence-corrected chi connectivity index (χ0v) is 13.3. The molecule has 21 heavy (non-hydrogen) atoms. The maximum absolute atomic E-state index is 11.9. The molecule has 116 valence electrons. The zero-order chi connectivity index (χ0) is 15.8. The number of amides is 3. The second-order valence-corrected chi connectivity index (χ2v) is 4.96. The minimum absolute atomic E-state index is 0.0917. The van der Waals surface area contributed by atoms with Crippen LogP contribution < -0.4 is 10.6 Å². The van der Waals surface area contributed by atoms with Gasteiger partial charge in [-0.25, -0.2) is 4.79 Å². The summed E-state index contributed by atoms with van der Waals surface area (Å²) in [5.74, 6) is -0.0917. The molecule has 1 unspecified atom stereocenters. The fourth-order valence-electron chi connectivity index (χ4n) is 1.83. The van der Waals surface area contributed by atoms with Gasteiger partial charge in [0.2, 0.25) is 0 Å². The van der Waals surface area contributed by atoms with Gasteiger partial charge in [0.1, 0.15) is 0 Å². The van der Waals surface area contributed by atoms with Gasteiger partial charge < -0.3 is 15.5 Å². The molecule has 0 saturated carbocycles. The Morgan fingerprint density at radius 2 is 1.67 bits per heavy atom. The van der Waals surface area contributed by atoms with E-state index in [1.807, 2.05) is 27.7 Å². The van der Waals surface area contributed by atoms with Crippen LogP contribution in [0.3, 0.4) is 0 Å². The molecule has 3 amide bonds. The molecule has 2 N–H and O–H groups in total. The van der Waals surface area contributed by atoms with Crippen LogP contribution in [0.1, 0.15) is 44.5 Å². The van der Waals surface area contributed by atoms with Crippen LogP contribution in [0.5, 0.6) is 0 Å². The second kappa shape index (κ2) is 8.29. The van der Waals surface area contributed by atoms with Crippen LogP contribution in [0, 0.1) is 0 Å². The van der Waals surface area contributed by atoms with Crippen molar-refractivity contribution in [2.45, 2.75) is 40.2 Å². The monoisotopic (exact) mass is 291 g/mol. The Balaban J connectivity index is 2.66. The molecule has 0 bridgehead atoms. The molecule has 0 radical (unpaired) electrons. The van der Waals surface area contributed by atoms with Crippen molar-refractivity contribution in [1.82, 2.24) is 10.2 Å². The summed E-state index contributed by atoms with van der Waals surface area (Å²) in [5, 5.41) is 5.73. The summed E-state index contributed by atoms with van der Waals surface area (Å²) in [5.41, 5.74) is 1.28. The number of carbonyl (C=O) groups excluding carboxylic acids is 2. The van der Waals surface area contributed by atoms with E-state index in [1.165, 1.54) is 0 Å². The first-order valence-corrected chi connectivity index (χ1v) is 7.48. The van der Waals surface area contributed by atoms with Gasteiger partial charge in [-0.15, -0.1) is 0 Å². The van der Waals surface area contributed by atoms with E-state index in [0.717, 1.165) is 6.42 Å². The van der Waals surface area contributed by atoms with Gasteiger partial charge in [0.05, 0.1) is 0 Å². The van der Waals surface area contributed by atoms with Crippen molar-refractivity contribution in [1.29, 1.82) is 0 Å². The average Bonchev–Trinajstić information content (AvgIpc) is 2.49. The average molecular weight is 291 g/mol. The van der Waals surface area contributed by atoms with Gasteiger partial charge in [-0.3, -0.25) is 4.79 Å². The lowest BCUT2D eigenvalue weighted by atomic mass is 10.1. The number of hydrogen-bond donors (Lipinski definition) is 2. The Labute approximate surface area is 126 Å². The minimum atomic E-state index is -0.128. The van der Waals surface area contributed by atoms with Gasteiger partial charge in [-0.1, -0.05) is 6.92 Å². The molecule has 1 rings (SSSR count). The number of carbonyl (C=O) groups is 2. The van der Waals surface area contributed by atoms with Crippen molar-refractivity contribution in [2.75, 3.05) is 18.4 Å². The fourth-order valence-corrected chi connectivity index (χ4v) is 1.83. The van der Waals surface area contributed by atoms with Gasteiger partial charge in [0.15, 0.2) is 0 Å². The number of nitrogens with one attached hydrogen (secondary N) is 2. The summed E-state index contributed by atoms with van der Waals surface area (Å²) in [6.45, 7) is 9.19. The summed E-state index contributed by atoms with van der Waals surface area (Å²) in [6, 6.07) is 6.95. The summed E-state index contributed by atoms with van der Waals surface area (Å²) in [6.07, 6.45) is 0.893. The van der Waals surface area contributed by atoms with Crippen LogP contribution in [0.15, 0.2) is 24.3 Å². The summed E-state index contributed by atoms with van der Waals surface area (Å²) >= 11 is 0. The van der Waals surface area contributed by atoms with E-state index >= 15 is 0 Å². The maximum atomic E-state index is 11.9. The lowest BCUT2D eigenvalue weighted by Gasteiger charge is -2.19. The first-order chi connectivity index (χ1) is 10.0. The number of nitrogens with zero attached hydrogens (tertiary/aromatic N) is 1. The first kappa shape index (κ1) is 17.0. The molecular formula is C16H25N3O2. The number of anilines is 1. The molecule has 0 aromatic heterocycles. The van der Waals surface area contributed by atoms with Crippen molar-refractivity contribution in [2.24, 2.45) is 0 Å². The fraction of sp³-hybridized carbons (Fsp3) is 0.500. The molecule has 0 aliphatic carbocycles. The SMILES string of the molecule is CCC(C)NC(=O)c1ccc(NC(=O)N(CC)CC)cc1. The first-order valence-electron chi connectivity index (χ1n) is 7.48. The lowest BCUT2D eigenvalue weighted by molar-refractivity contribution is 0.0939. The highest BCUT2D eigenvalue weighted by atomic mass is 16.2. The third-order valence-corrected chi connectivity index (χ3v) is 3.44. The highest BCUT2D eigenvalue weighted by Crippen LogP contribution is 2.11. The number of benzene rings is 1. The van der Waals surface area contributed by atoms with Gasteiger partial charge in [0, 0.05) is 30.4 Å². The largest absolute Gasteiger partial charge is 0.350 e. The molecule has 0 fully saturated rings. The van der Waals surface area contributed by atoms with Crippen molar-refractivity contribution in [3.63, 3.8) is 0 Å². The smallest absolute Gasteiger partial charge is 0.321 e. The molecule has 0 heterocycles. The molecule has 1 atom stereocenters. The maximum Gasteiger partial charge on any atom is 0.321 e. The van der Waals surface area contributed by atoms with Crippen molar-refractivity contribution in [3.05, 3.63) is 29.8 Å². The van der Waals surface area contributed by atoms with Gasteiger partial charge >= 0.3 is 6.03 Å². The topological polar surface area (TPSA) is 61.4 Å². The van der Waals surface area contributed by atoms with E-state index in [-0.39, 0.29) is 18.0 Å². The molecule has 0 saturated heterocycles. The second-order valence-electron chi connectivity index (χ2n) is 4.96. The predicted molar refractivity (Wildman–Crippen MR) is 85.6 cm³/mol. The van der Waals surface area contributed by atoms with Crippen LogP contribution >= 0.6 is 0 Å². The number of rotatable bonds is 6. The van der Waals surface area contributed by atoms with Gasteiger partial charge in [-0.05, 0) is 51.5 Å². The Morgan fingerprint density at radius 1 is 1.10 bits per heavy atom. The van der Waals surface area contributed by atoms with E-state index in [2.05, 4.69) is 10.6 Å². The third-order valence-electron chi connectivity index (χ3n) is 3.44. The van der Waals surface area contributed by atoms with Crippen molar-refractivity contribution in [3.8, 4) is 0 Å². The van der Waals surface area contributed by atoms with Gasteiger partial charge in [-0.2, -0.15) is 0 Å². The number of hydrogen-bond acceptors (Lipinski definition) is 2. The van der Waals surface area contributed by atoms with Crippen LogP contribution in [0.25, 0.3) is 0 Å². The molecule has 1 aromatic rings. The predicted octanol–water partition coefficient (Wildman–Crippen LogP) is 3.09. The van der Waals surface area contributed by atoms with E-state index < -0.39 is 0 Å². The Kier molecular flexibility index (Phi) is 6.72. The van der Waals surface area contributed by atoms with E-state index in [4.69, 9.17) is 0 Å². The molecule has 0 spiro atoms. The molecule has 0 aliphatic rings. The van der Waals surface area contributed by atoms with Crippen LogP contribution in [0.4, 0.5) is 10.5 Å². The molecule has 0 aliphatic heterocycles. The highest BCUT2D eigenvalue weighted by Gasteiger charge is 2.11. The zero-order valence-electron chi connectivity index (χ0n) is 13.3. The van der Waals surface area contributed by atoms with E-state index in [9.17, 15) is 9.59 Å². The standard InChI is InChI=1S/C16H25N3O2/c1-5-12(4)17-15(20)13-8-10-14(11-9-13)18-16(21)19(6-2)7-3/h8-12H,5-7H2,1-4H3,(H,17,20)(H,18,21). The quantitative estimate of drug-likeness (QED) is 0.846. The third kappa shape index (κ3) is 5.10. The van der Waals surface area contributed by atoms with Crippen LogP contribution in [-0.2, 0) is 0 Å². The Morgan fingerprint density at radius 3 is 2.14 bits per heavy atom. The Bertz CT molecular complexity index is 467. The summed E-state index contributed by atoms with van der Waals surface area (Å²) in [4.78, 5) is 25.6. The van der Waals surface area contributed by atoms with Crippen molar-refractivity contribution >= 4 is 17.6 Å². The lowest BCUT2D eigenvalue weighted by Crippen LogP contribution is -2.34. The summed E-state index contributed by atoms with van der Waals surface area (Å²) < 4.78 is 0. The normalized spacial score (nSPS) is 11.6. The molecule has 5 heteroatoms. The minimum Gasteiger partial charge on any atom is -0.350 e. The summed E-state index contributed by atoms with van der Waals surface area (Å²) in [7, 11) is 0. The van der Waals surface area contributed by atoms with Gasteiger partial charge in [0.25, 0.3) is 5.91 Å². The highest BCUT2D eigenvalue weighted by molar-refractivity contribution is 5.95. The molecular weight excluding hydrogens is 266 g/mol.